The second kappa shape index (κ2) is 10.4. The van der Waals surface area contributed by atoms with Crippen molar-refractivity contribution in [1.29, 1.82) is 0 Å². The van der Waals surface area contributed by atoms with Crippen molar-refractivity contribution in [3.05, 3.63) is 42.1 Å². The standard InChI is InChI=1S/C24H34N4O/c1-3-6-24(29)28(16-20-11-9-19(10-12-20)14-26-18(2)25)17-21-13-22-7-4-5-8-23(22)27-15-21/h4-5,7-8,13,15,19-20H,3,6,9-12,14,16-17H2,1-2H3,(H2,25,26). The number of hydrogen-bond acceptors (Lipinski definition) is 3. The lowest BCUT2D eigenvalue weighted by Gasteiger charge is -2.32. The third kappa shape index (κ3) is 6.28. The van der Waals surface area contributed by atoms with Gasteiger partial charge in [-0.1, -0.05) is 25.1 Å². The number of nitrogens with two attached hydrogens (primary N) is 1. The molecule has 0 bridgehead atoms. The smallest absolute Gasteiger partial charge is 0.222 e. The van der Waals surface area contributed by atoms with E-state index in [1.54, 1.807) is 0 Å². The van der Waals surface area contributed by atoms with Crippen molar-refractivity contribution in [2.45, 2.75) is 58.9 Å². The van der Waals surface area contributed by atoms with Gasteiger partial charge in [-0.15, -0.1) is 0 Å². The minimum absolute atomic E-state index is 0.256. The number of hydrogen-bond donors (Lipinski definition) is 1. The largest absolute Gasteiger partial charge is 0.388 e. The first kappa shape index (κ1) is 21.3. The molecule has 2 N–H and O–H groups in total. The molecule has 1 aromatic heterocycles. The highest BCUT2D eigenvalue weighted by Crippen LogP contribution is 2.30. The van der Waals surface area contributed by atoms with Crippen LogP contribution in [0.2, 0.25) is 0 Å². The minimum atomic E-state index is 0.256. The number of carbonyl (C=O) groups excluding carboxylic acids is 1. The third-order valence-electron chi connectivity index (χ3n) is 5.88. The number of amidine groups is 1. The van der Waals surface area contributed by atoms with Crippen LogP contribution in [0, 0.1) is 11.8 Å². The van der Waals surface area contributed by atoms with E-state index >= 15 is 0 Å². The Morgan fingerprint density at radius 3 is 2.66 bits per heavy atom. The van der Waals surface area contributed by atoms with Crippen LogP contribution in [0.25, 0.3) is 10.9 Å². The average molecular weight is 395 g/mol. The highest BCUT2D eigenvalue weighted by molar-refractivity contribution is 5.79. The molecule has 0 spiro atoms. The molecule has 1 fully saturated rings. The van der Waals surface area contributed by atoms with Crippen LogP contribution in [-0.2, 0) is 11.3 Å². The first-order valence-electron chi connectivity index (χ1n) is 10.9. The number of rotatable bonds is 8. The third-order valence-corrected chi connectivity index (χ3v) is 5.88. The van der Waals surface area contributed by atoms with Gasteiger partial charge in [-0.25, -0.2) is 0 Å². The Hall–Kier alpha value is -2.43. The van der Waals surface area contributed by atoms with Crippen molar-refractivity contribution >= 4 is 22.6 Å². The van der Waals surface area contributed by atoms with E-state index in [1.165, 1.54) is 12.8 Å². The van der Waals surface area contributed by atoms with E-state index in [2.05, 4.69) is 33.9 Å². The molecule has 1 heterocycles. The van der Waals surface area contributed by atoms with Gasteiger partial charge in [-0.3, -0.25) is 14.8 Å². The topological polar surface area (TPSA) is 71.6 Å². The maximum Gasteiger partial charge on any atom is 0.222 e. The fourth-order valence-electron chi connectivity index (χ4n) is 4.23. The van der Waals surface area contributed by atoms with Crippen LogP contribution in [-0.4, -0.2) is 34.7 Å². The van der Waals surface area contributed by atoms with Gasteiger partial charge < -0.3 is 10.6 Å². The molecule has 1 aliphatic carbocycles. The molecule has 1 amide bonds. The van der Waals surface area contributed by atoms with Crippen LogP contribution in [0.1, 0.15) is 57.9 Å². The van der Waals surface area contributed by atoms with E-state index in [4.69, 9.17) is 5.73 Å². The van der Waals surface area contributed by atoms with Crippen LogP contribution in [0.15, 0.2) is 41.5 Å². The Kier molecular flexibility index (Phi) is 7.62. The molecular formula is C24H34N4O. The van der Waals surface area contributed by atoms with Crippen molar-refractivity contribution < 1.29 is 4.79 Å². The number of amides is 1. The first-order valence-corrected chi connectivity index (χ1v) is 10.9. The van der Waals surface area contributed by atoms with Gasteiger partial charge in [0.2, 0.25) is 5.91 Å². The minimum Gasteiger partial charge on any atom is -0.388 e. The molecule has 0 aliphatic heterocycles. The summed E-state index contributed by atoms with van der Waals surface area (Å²) < 4.78 is 0. The molecule has 156 valence electrons. The predicted molar refractivity (Wildman–Crippen MR) is 120 cm³/mol. The summed E-state index contributed by atoms with van der Waals surface area (Å²) >= 11 is 0. The fraction of sp³-hybridized carbons (Fsp3) is 0.542. The lowest BCUT2D eigenvalue weighted by molar-refractivity contribution is -0.132. The van der Waals surface area contributed by atoms with Crippen LogP contribution in [0.4, 0.5) is 0 Å². The number of carbonyl (C=O) groups is 1. The first-order chi connectivity index (χ1) is 14.0. The zero-order chi connectivity index (χ0) is 20.6. The molecule has 2 aromatic rings. The number of aromatic nitrogens is 1. The van der Waals surface area contributed by atoms with Gasteiger partial charge in [0, 0.05) is 37.6 Å². The number of para-hydroxylation sites is 1. The van der Waals surface area contributed by atoms with Crippen LogP contribution >= 0.6 is 0 Å². The van der Waals surface area contributed by atoms with Crippen LogP contribution < -0.4 is 5.73 Å². The van der Waals surface area contributed by atoms with E-state index in [9.17, 15) is 4.79 Å². The highest BCUT2D eigenvalue weighted by atomic mass is 16.2. The summed E-state index contributed by atoms with van der Waals surface area (Å²) in [4.78, 5) is 23.8. The summed E-state index contributed by atoms with van der Waals surface area (Å²) in [5, 5.41) is 1.13. The maximum atomic E-state index is 12.8. The average Bonchev–Trinajstić information content (AvgIpc) is 2.73. The summed E-state index contributed by atoms with van der Waals surface area (Å²) in [6, 6.07) is 10.3. The molecule has 5 nitrogen and oxygen atoms in total. The summed E-state index contributed by atoms with van der Waals surface area (Å²) in [7, 11) is 0. The molecule has 1 aromatic carbocycles. The van der Waals surface area contributed by atoms with Gasteiger partial charge in [0.25, 0.3) is 0 Å². The predicted octanol–water partition coefficient (Wildman–Crippen LogP) is 4.55. The Balaban J connectivity index is 1.63. The molecule has 1 saturated carbocycles. The van der Waals surface area contributed by atoms with Gasteiger partial charge in [0.05, 0.1) is 11.4 Å². The quantitative estimate of drug-likeness (QED) is 0.527. The fourth-order valence-corrected chi connectivity index (χ4v) is 4.23. The van der Waals surface area contributed by atoms with Crippen LogP contribution in [0.3, 0.4) is 0 Å². The second-order valence-electron chi connectivity index (χ2n) is 8.43. The highest BCUT2D eigenvalue weighted by Gasteiger charge is 2.24. The SMILES string of the molecule is CCCC(=O)N(Cc1cnc2ccccc2c1)CC1CCC(CN=C(C)N)CC1. The number of benzene rings is 1. The molecule has 5 heteroatoms. The Morgan fingerprint density at radius 1 is 1.21 bits per heavy atom. The van der Waals surface area contributed by atoms with Gasteiger partial charge in [0.15, 0.2) is 0 Å². The number of aliphatic imine (C=N–C) groups is 1. The summed E-state index contributed by atoms with van der Waals surface area (Å²) in [5.41, 5.74) is 7.78. The van der Waals surface area contributed by atoms with Gasteiger partial charge in [-0.2, -0.15) is 0 Å². The lowest BCUT2D eigenvalue weighted by atomic mass is 9.81. The lowest BCUT2D eigenvalue weighted by Crippen LogP contribution is -2.36. The molecule has 0 saturated heterocycles. The molecular weight excluding hydrogens is 360 g/mol. The number of nitrogens with zero attached hydrogens (tertiary/aromatic N) is 3. The van der Waals surface area contributed by atoms with Gasteiger partial charge in [-0.05, 0) is 68.6 Å². The Bertz CT molecular complexity index is 836. The Morgan fingerprint density at radius 2 is 1.93 bits per heavy atom. The van der Waals surface area contributed by atoms with Crippen molar-refractivity contribution in [2.24, 2.45) is 22.6 Å². The van der Waals surface area contributed by atoms with E-state index < -0.39 is 0 Å². The van der Waals surface area contributed by atoms with E-state index in [0.717, 1.165) is 48.8 Å². The van der Waals surface area contributed by atoms with E-state index in [0.29, 0.717) is 30.6 Å². The van der Waals surface area contributed by atoms with Crippen LogP contribution in [0.5, 0.6) is 0 Å². The van der Waals surface area contributed by atoms with Crippen molar-refractivity contribution in [3.63, 3.8) is 0 Å². The normalized spacial score (nSPS) is 20.0. The summed E-state index contributed by atoms with van der Waals surface area (Å²) in [6.07, 6.45) is 8.09. The molecule has 1 aliphatic rings. The molecule has 3 rings (SSSR count). The zero-order valence-electron chi connectivity index (χ0n) is 17.8. The molecule has 0 atom stereocenters. The van der Waals surface area contributed by atoms with Gasteiger partial charge >= 0.3 is 0 Å². The van der Waals surface area contributed by atoms with Crippen molar-refractivity contribution in [1.82, 2.24) is 9.88 Å². The molecule has 29 heavy (non-hydrogen) atoms. The molecule has 0 unspecified atom stereocenters. The van der Waals surface area contributed by atoms with E-state index in [-0.39, 0.29) is 5.91 Å². The maximum absolute atomic E-state index is 12.8. The number of pyridine rings is 1. The Labute approximate surface area is 174 Å². The van der Waals surface area contributed by atoms with Crippen molar-refractivity contribution in [3.8, 4) is 0 Å². The zero-order valence-corrected chi connectivity index (χ0v) is 17.8. The summed E-state index contributed by atoms with van der Waals surface area (Å²) in [5.74, 6) is 2.14. The molecule has 0 radical (unpaired) electrons. The van der Waals surface area contributed by atoms with Crippen molar-refractivity contribution in [2.75, 3.05) is 13.1 Å². The number of fused-ring (bicyclic) bond motifs is 1. The van der Waals surface area contributed by atoms with Gasteiger partial charge in [0.1, 0.15) is 0 Å². The second-order valence-corrected chi connectivity index (χ2v) is 8.43. The van der Waals surface area contributed by atoms with E-state index in [1.807, 2.05) is 31.3 Å². The monoisotopic (exact) mass is 394 g/mol. The summed E-state index contributed by atoms with van der Waals surface area (Å²) in [6.45, 7) is 6.25.